The first-order valence-electron chi connectivity index (χ1n) is 10.5. The fraction of sp³-hybridized carbons (Fsp3) is 0.250. The molecule has 3 aromatic rings. The van der Waals surface area contributed by atoms with E-state index in [1.807, 2.05) is 6.07 Å². The number of rotatable bonds is 10. The zero-order valence-corrected chi connectivity index (χ0v) is 18.1. The summed E-state index contributed by atoms with van der Waals surface area (Å²) in [5.74, 6) is -1.75. The molecule has 33 heavy (non-hydrogen) atoms. The number of nitrogens with zero attached hydrogens (tertiary/aromatic N) is 3. The molecule has 2 aromatic carbocycles. The van der Waals surface area contributed by atoms with Crippen LogP contribution in [0.2, 0.25) is 0 Å². The monoisotopic (exact) mass is 451 g/mol. The molecule has 1 heterocycles. The predicted molar refractivity (Wildman–Crippen MR) is 122 cm³/mol. The molecule has 3 rings (SSSR count). The number of aromatic amines is 1. The summed E-state index contributed by atoms with van der Waals surface area (Å²) in [5, 5.41) is 13.3. The molecule has 0 radical (unpaired) electrons. The van der Waals surface area contributed by atoms with Gasteiger partial charge in [-0.05, 0) is 12.5 Å². The van der Waals surface area contributed by atoms with Crippen molar-refractivity contribution < 1.29 is 13.5 Å². The molecule has 0 saturated heterocycles. The lowest BCUT2D eigenvalue weighted by Crippen LogP contribution is -2.16. The van der Waals surface area contributed by atoms with Gasteiger partial charge in [0.1, 0.15) is 17.4 Å². The third kappa shape index (κ3) is 6.23. The zero-order chi connectivity index (χ0) is 23.6. The molecule has 0 aliphatic heterocycles. The van der Waals surface area contributed by atoms with Crippen molar-refractivity contribution in [1.29, 1.82) is 5.26 Å². The van der Waals surface area contributed by atoms with Gasteiger partial charge < -0.3 is 4.74 Å². The average molecular weight is 451 g/mol. The SMILES string of the molecule is CCCCCCOc1c(F)cc(F)cc1C=NNc1nc(-c2ccccc2)c(C#N)c(=O)[nH]1. The highest BCUT2D eigenvalue weighted by atomic mass is 19.1. The van der Waals surface area contributed by atoms with Crippen LogP contribution >= 0.6 is 0 Å². The van der Waals surface area contributed by atoms with Crippen LogP contribution in [0.15, 0.2) is 52.4 Å². The van der Waals surface area contributed by atoms with Gasteiger partial charge in [-0.25, -0.2) is 19.2 Å². The first-order chi connectivity index (χ1) is 16.0. The van der Waals surface area contributed by atoms with Crippen molar-refractivity contribution >= 4 is 12.2 Å². The summed E-state index contributed by atoms with van der Waals surface area (Å²) in [5.41, 5.74) is 2.62. The first-order valence-corrected chi connectivity index (χ1v) is 10.5. The van der Waals surface area contributed by atoms with Crippen LogP contribution in [0.25, 0.3) is 11.3 Å². The maximum Gasteiger partial charge on any atom is 0.270 e. The van der Waals surface area contributed by atoms with E-state index in [2.05, 4.69) is 27.4 Å². The summed E-state index contributed by atoms with van der Waals surface area (Å²) in [4.78, 5) is 19.0. The van der Waals surface area contributed by atoms with Gasteiger partial charge in [0.15, 0.2) is 11.6 Å². The van der Waals surface area contributed by atoms with Crippen LogP contribution < -0.4 is 15.7 Å². The second-order valence-electron chi connectivity index (χ2n) is 7.20. The first kappa shape index (κ1) is 23.6. The van der Waals surface area contributed by atoms with E-state index in [4.69, 9.17) is 4.74 Å². The van der Waals surface area contributed by atoms with Crippen LogP contribution in [0.1, 0.15) is 43.7 Å². The lowest BCUT2D eigenvalue weighted by Gasteiger charge is -2.10. The number of anilines is 1. The molecule has 0 spiro atoms. The van der Waals surface area contributed by atoms with Gasteiger partial charge in [0, 0.05) is 17.2 Å². The molecular weight excluding hydrogens is 428 g/mol. The third-order valence-electron chi connectivity index (χ3n) is 4.73. The van der Waals surface area contributed by atoms with E-state index in [1.165, 1.54) is 6.21 Å². The average Bonchev–Trinajstić information content (AvgIpc) is 2.80. The van der Waals surface area contributed by atoms with Crippen molar-refractivity contribution in [3.05, 3.63) is 75.6 Å². The molecule has 0 amide bonds. The minimum absolute atomic E-state index is 0.0342. The number of nitriles is 1. The Bertz CT molecular complexity index is 1220. The van der Waals surface area contributed by atoms with Crippen molar-refractivity contribution in [3.8, 4) is 23.1 Å². The van der Waals surface area contributed by atoms with Crippen LogP contribution in [0.3, 0.4) is 0 Å². The molecule has 7 nitrogen and oxygen atoms in total. The van der Waals surface area contributed by atoms with Gasteiger partial charge in [0.05, 0.1) is 18.5 Å². The van der Waals surface area contributed by atoms with E-state index in [9.17, 15) is 18.8 Å². The van der Waals surface area contributed by atoms with E-state index in [0.29, 0.717) is 12.2 Å². The predicted octanol–water partition coefficient (Wildman–Crippen LogP) is 4.99. The molecule has 9 heteroatoms. The number of aromatic nitrogens is 2. The summed E-state index contributed by atoms with van der Waals surface area (Å²) in [6.07, 6.45) is 4.98. The molecule has 0 fully saturated rings. The highest BCUT2D eigenvalue weighted by molar-refractivity contribution is 5.84. The maximum atomic E-state index is 14.3. The highest BCUT2D eigenvalue weighted by Crippen LogP contribution is 2.24. The number of ether oxygens (including phenoxy) is 1. The molecule has 0 bridgehead atoms. The number of H-pyrrole nitrogens is 1. The van der Waals surface area contributed by atoms with Crippen molar-refractivity contribution in [2.24, 2.45) is 5.10 Å². The van der Waals surface area contributed by atoms with Crippen LogP contribution in [0.5, 0.6) is 5.75 Å². The number of unbranched alkanes of at least 4 members (excludes halogenated alkanes) is 3. The molecular formula is C24H23F2N5O2. The Morgan fingerprint density at radius 1 is 1.21 bits per heavy atom. The molecule has 0 aliphatic carbocycles. The van der Waals surface area contributed by atoms with E-state index in [1.54, 1.807) is 30.3 Å². The third-order valence-corrected chi connectivity index (χ3v) is 4.73. The van der Waals surface area contributed by atoms with Gasteiger partial charge >= 0.3 is 0 Å². The second kappa shape index (κ2) is 11.5. The van der Waals surface area contributed by atoms with E-state index in [0.717, 1.165) is 37.8 Å². The Kier molecular flexibility index (Phi) is 8.24. The largest absolute Gasteiger partial charge is 0.490 e. The molecule has 0 saturated carbocycles. The van der Waals surface area contributed by atoms with Gasteiger partial charge in [-0.3, -0.25) is 9.78 Å². The zero-order valence-electron chi connectivity index (χ0n) is 18.1. The minimum Gasteiger partial charge on any atom is -0.490 e. The van der Waals surface area contributed by atoms with Gasteiger partial charge in [-0.2, -0.15) is 10.4 Å². The Morgan fingerprint density at radius 2 is 2.00 bits per heavy atom. The number of benzene rings is 2. The Balaban J connectivity index is 1.82. The number of nitrogens with one attached hydrogen (secondary N) is 2. The van der Waals surface area contributed by atoms with Crippen LogP contribution in [-0.4, -0.2) is 22.8 Å². The lowest BCUT2D eigenvalue weighted by atomic mass is 10.1. The van der Waals surface area contributed by atoms with Gasteiger partial charge in [0.2, 0.25) is 5.95 Å². The molecule has 0 atom stereocenters. The van der Waals surface area contributed by atoms with E-state index in [-0.39, 0.29) is 28.5 Å². The normalized spacial score (nSPS) is 10.8. The maximum absolute atomic E-state index is 14.3. The molecule has 0 unspecified atom stereocenters. The summed E-state index contributed by atoms with van der Waals surface area (Å²) >= 11 is 0. The van der Waals surface area contributed by atoms with Crippen LogP contribution in [0, 0.1) is 23.0 Å². The van der Waals surface area contributed by atoms with Gasteiger partial charge in [-0.15, -0.1) is 0 Å². The molecule has 0 aliphatic rings. The Labute approximate surface area is 189 Å². The van der Waals surface area contributed by atoms with Crippen molar-refractivity contribution in [1.82, 2.24) is 9.97 Å². The fourth-order valence-corrected chi connectivity index (χ4v) is 3.13. The number of hydrogen-bond acceptors (Lipinski definition) is 6. The summed E-state index contributed by atoms with van der Waals surface area (Å²) < 4.78 is 33.6. The minimum atomic E-state index is -0.830. The Morgan fingerprint density at radius 3 is 2.73 bits per heavy atom. The summed E-state index contributed by atoms with van der Waals surface area (Å²) in [6, 6.07) is 12.4. The van der Waals surface area contributed by atoms with E-state index < -0.39 is 17.2 Å². The van der Waals surface area contributed by atoms with Crippen molar-refractivity contribution in [2.75, 3.05) is 12.0 Å². The standard InChI is InChI=1S/C24H23F2N5O2/c1-2-3-4-8-11-33-22-17(12-18(25)13-20(22)26)15-28-31-24-29-21(16-9-6-5-7-10-16)19(14-27)23(32)30-24/h5-7,9-10,12-13,15H,2-4,8,11H2,1H3,(H2,29,30,31,32). The Hall–Kier alpha value is -4.06. The van der Waals surface area contributed by atoms with Gasteiger partial charge in [-0.1, -0.05) is 56.5 Å². The molecule has 170 valence electrons. The van der Waals surface area contributed by atoms with Crippen LogP contribution in [-0.2, 0) is 0 Å². The number of halogens is 2. The van der Waals surface area contributed by atoms with Gasteiger partial charge in [0.25, 0.3) is 5.56 Å². The second-order valence-corrected chi connectivity index (χ2v) is 7.20. The summed E-state index contributed by atoms with van der Waals surface area (Å²) in [7, 11) is 0. The summed E-state index contributed by atoms with van der Waals surface area (Å²) in [6.45, 7) is 2.38. The smallest absolute Gasteiger partial charge is 0.270 e. The topological polar surface area (TPSA) is 103 Å². The highest BCUT2D eigenvalue weighted by Gasteiger charge is 2.14. The van der Waals surface area contributed by atoms with Crippen molar-refractivity contribution in [2.45, 2.75) is 32.6 Å². The fourth-order valence-electron chi connectivity index (χ4n) is 3.13. The molecule has 2 N–H and O–H groups in total. The number of hydrazone groups is 1. The molecule has 1 aromatic heterocycles. The lowest BCUT2D eigenvalue weighted by molar-refractivity contribution is 0.289. The van der Waals surface area contributed by atoms with E-state index >= 15 is 0 Å². The number of hydrogen-bond donors (Lipinski definition) is 2. The van der Waals surface area contributed by atoms with Crippen LogP contribution in [0.4, 0.5) is 14.7 Å². The quantitative estimate of drug-likeness (QED) is 0.257. The van der Waals surface area contributed by atoms with Crippen molar-refractivity contribution in [3.63, 3.8) is 0 Å².